The first-order chi connectivity index (χ1) is 50.0. The van der Waals surface area contributed by atoms with Crippen LogP contribution in [0, 0.1) is 5.41 Å². The fourth-order valence-electron chi connectivity index (χ4n) is 9.57. The summed E-state index contributed by atoms with van der Waals surface area (Å²) in [5.41, 5.74) is -1.18. The van der Waals surface area contributed by atoms with E-state index >= 15 is 0 Å². The molecule has 0 aliphatic carbocycles. The van der Waals surface area contributed by atoms with E-state index in [1.54, 1.807) is 0 Å². The van der Waals surface area contributed by atoms with Crippen molar-refractivity contribution in [2.45, 2.75) is 132 Å². The van der Waals surface area contributed by atoms with E-state index in [0.29, 0.717) is 0 Å². The van der Waals surface area contributed by atoms with Gasteiger partial charge in [-0.25, -0.2) is 4.79 Å². The monoisotopic (exact) mass is 1660 g/mol. The van der Waals surface area contributed by atoms with Gasteiger partial charge in [0.15, 0.2) is 18.9 Å². The van der Waals surface area contributed by atoms with Gasteiger partial charge in [0, 0.05) is 40.6 Å². The predicted octanol–water partition coefficient (Wildman–Crippen LogP) is -5.01. The number of aliphatic hydroxyl groups is 9. The average molecular weight is 1660 g/mol. The van der Waals surface area contributed by atoms with Crippen molar-refractivity contribution in [1.29, 1.82) is 0 Å². The van der Waals surface area contributed by atoms with Crippen LogP contribution < -0.4 is 16.0 Å². The number of hydrogen-bond donors (Lipinski definition) is 16. The lowest BCUT2D eigenvalue weighted by atomic mass is 9.92. The van der Waals surface area contributed by atoms with E-state index in [-0.39, 0.29) is 204 Å². The molecule has 48 heteroatoms. The van der Waals surface area contributed by atoms with Crippen LogP contribution in [-0.4, -0.2) is 380 Å². The first kappa shape index (κ1) is 98.1. The van der Waals surface area contributed by atoms with Crippen LogP contribution in [0.2, 0.25) is 0 Å². The van der Waals surface area contributed by atoms with Crippen molar-refractivity contribution in [3.8, 4) is 0 Å². The van der Waals surface area contributed by atoms with Gasteiger partial charge < -0.3 is 180 Å². The zero-order valence-corrected chi connectivity index (χ0v) is 64.7. The minimum absolute atomic E-state index is 0.0117. The summed E-state index contributed by atoms with van der Waals surface area (Å²) >= 11 is 19.2. The van der Waals surface area contributed by atoms with Gasteiger partial charge in [-0.05, 0) is 54.7 Å². The summed E-state index contributed by atoms with van der Waals surface area (Å²) in [4.78, 5) is 78.9. The molecule has 18 atom stereocenters. The Kier molecular flexibility index (Phi) is 51.7. The summed E-state index contributed by atoms with van der Waals surface area (Å²) in [7, 11) is 0. The zero-order valence-electron chi connectivity index (χ0n) is 58.7. The van der Waals surface area contributed by atoms with Gasteiger partial charge in [0.1, 0.15) is 79.7 Å². The van der Waals surface area contributed by atoms with Crippen molar-refractivity contribution in [2.24, 2.45) is 5.41 Å². The van der Waals surface area contributed by atoms with Crippen LogP contribution in [0.3, 0.4) is 0 Å². The second kappa shape index (κ2) is 55.3. The number of aliphatic hydroxyl groups excluding tert-OH is 9. The number of ether oxygens (including phenoxy) is 16. The van der Waals surface area contributed by atoms with Crippen LogP contribution in [0.5, 0.6) is 0 Å². The lowest BCUT2D eigenvalue weighted by Gasteiger charge is -2.42. The Balaban J connectivity index is 1.41. The summed E-state index contributed by atoms with van der Waals surface area (Å²) in [5, 5.41) is 96.8. The van der Waals surface area contributed by atoms with E-state index in [9.17, 15) is 79.8 Å². The molecular weight excluding hydrogens is 1560 g/mol. The SMILES string of the molecule is CC(=O)N[C@@H]1[C@H](OCCOCCOCCOP(O)(=S)OCCCOCC(COCCCOP(O)(=S)OCCOCCOCCO[C@@H]2O[C@H](CO)[C@H](O)[C@H](O)[C@@H]2NC(C)=O)(COCCCOP(O)(=S)OCCOCCOCCO[C@@H]2O[C@H](CO)[C@H](O)[C@H](O)[C@@H]2NC(C)=O)COC(=O)S)O[C@H](CO)[C@H](O)[C@@H]1O. The van der Waals surface area contributed by atoms with Gasteiger partial charge in [-0.2, -0.15) is 0 Å². The molecule has 0 radical (unpaired) electrons. The molecule has 15 N–H and O–H groups in total. The molecule has 0 saturated carbocycles. The predicted molar refractivity (Wildman–Crippen MR) is 373 cm³/mol. The summed E-state index contributed by atoms with van der Waals surface area (Å²) in [6, 6.07) is -3.30. The van der Waals surface area contributed by atoms with Gasteiger partial charge >= 0.3 is 25.5 Å². The molecule has 3 unspecified atom stereocenters. The Bertz CT molecular complexity index is 2290. The molecule has 0 aromatic carbocycles. The van der Waals surface area contributed by atoms with Crippen LogP contribution >= 0.6 is 32.8 Å². The maximum atomic E-state index is 12.1. The average Bonchev–Trinajstić information content (AvgIpc) is 0.821. The summed E-state index contributed by atoms with van der Waals surface area (Å²) < 4.78 is 122. The number of carbonyl (C=O) groups is 4. The third-order valence-corrected chi connectivity index (χ3v) is 19.7. The molecule has 3 saturated heterocycles. The van der Waals surface area contributed by atoms with Gasteiger partial charge in [0.25, 0.3) is 0 Å². The molecule has 3 heterocycles. The topological polar surface area (TPSA) is 550 Å². The normalized spacial score (nSPS) is 27.3. The second-order valence-corrected chi connectivity index (χ2v) is 32.1. The van der Waals surface area contributed by atoms with Crippen molar-refractivity contribution in [1.82, 2.24) is 16.0 Å². The van der Waals surface area contributed by atoms with Gasteiger partial charge in [-0.15, -0.1) is 0 Å². The number of hydrogen-bond acceptors (Lipinski definition) is 38. The third kappa shape index (κ3) is 42.0. The van der Waals surface area contributed by atoms with E-state index in [4.69, 9.17) is 138 Å². The Labute approximate surface area is 629 Å². The molecule has 0 bridgehead atoms. The van der Waals surface area contributed by atoms with Gasteiger partial charge in [0.2, 0.25) is 17.7 Å². The minimum atomic E-state index is -3.72. The molecular formula is C57H108N3O38P3S4. The van der Waals surface area contributed by atoms with Crippen LogP contribution in [0.25, 0.3) is 0 Å². The number of nitrogens with one attached hydrogen (secondary N) is 3. The lowest BCUT2D eigenvalue weighted by molar-refractivity contribution is -0.272. The van der Waals surface area contributed by atoms with Crippen molar-refractivity contribution in [3.05, 3.63) is 0 Å². The number of rotatable bonds is 62. The molecule has 0 aromatic rings. The minimum Gasteiger partial charge on any atom is -0.457 e. The Hall–Kier alpha value is -1.14. The van der Waals surface area contributed by atoms with E-state index in [1.165, 1.54) is 20.8 Å². The molecule has 3 aliphatic heterocycles. The van der Waals surface area contributed by atoms with Crippen LogP contribution in [0.4, 0.5) is 4.79 Å². The van der Waals surface area contributed by atoms with E-state index in [0.717, 1.165) is 0 Å². The summed E-state index contributed by atoms with van der Waals surface area (Å²) in [6.07, 6.45) is -15.1. The highest BCUT2D eigenvalue weighted by Gasteiger charge is 2.48. The second-order valence-electron chi connectivity index (χ2n) is 23.3. The summed E-state index contributed by atoms with van der Waals surface area (Å²) in [5.74, 6) is -1.49. The van der Waals surface area contributed by atoms with Crippen LogP contribution in [0.15, 0.2) is 0 Å². The highest BCUT2D eigenvalue weighted by Crippen LogP contribution is 2.45. The molecule has 0 spiro atoms. The number of thiol groups is 1. The van der Waals surface area contributed by atoms with E-state index < -0.39 is 160 Å². The van der Waals surface area contributed by atoms with Gasteiger partial charge in [-0.3, -0.25) is 14.4 Å². The molecule has 105 heavy (non-hydrogen) atoms. The highest BCUT2D eigenvalue weighted by molar-refractivity contribution is 8.07. The molecule has 0 aromatic heterocycles. The van der Waals surface area contributed by atoms with Crippen molar-refractivity contribution < 1.29 is 183 Å². The Morgan fingerprint density at radius 3 is 0.838 bits per heavy atom. The lowest BCUT2D eigenvalue weighted by Crippen LogP contribution is -2.64. The summed E-state index contributed by atoms with van der Waals surface area (Å²) in [6.45, 7) is -9.74. The molecule has 3 aliphatic rings. The van der Waals surface area contributed by atoms with Gasteiger partial charge in [-0.1, -0.05) is 12.6 Å². The standard InChI is InChI=1S/C57H108N3O38P3S4/c1-38(64)58-44-50(70)47(67)41(31-61)96-53(44)86-25-19-77-13-16-80-22-28-93-99(74,103)90-10-4-7-83-34-57(37-89-56(73)102,35-84-8-5-11-91-100(75,104)94-29-23-81-17-14-78-20-26-87-54-45(59-39(2)65)51(71)48(68)42(32-62)97-54)36-85-9-6-12-92-101(76,105)95-30-24-82-18-15-79-21-27-88-55-46(60-40(3)66)52(72)49(69)43(33-63)98-55/h41-55,61-63,67-72H,4-37H2,1-3H3,(H,58,64)(H,59,65)(H,60,66)(H,73,102)(H,74,103)(H,75,104)(H,76,105)/t41-,42-,43-,44+,45+,46+,47+,48+,49+,50-,51-,52-,53-,54-,55-,57?,99?,100?,101?/m1/s1. The third-order valence-electron chi connectivity index (χ3n) is 14.6. The van der Waals surface area contributed by atoms with Crippen molar-refractivity contribution in [2.75, 3.05) is 205 Å². The van der Waals surface area contributed by atoms with Crippen LogP contribution in [0.1, 0.15) is 40.0 Å². The molecule has 3 fully saturated rings. The first-order valence-electron chi connectivity index (χ1n) is 33.4. The first-order valence-corrected chi connectivity index (χ1v) is 41.7. The Morgan fingerprint density at radius 1 is 0.362 bits per heavy atom. The van der Waals surface area contributed by atoms with E-state index in [1.807, 2.05) is 0 Å². The molecule has 3 amide bonds. The molecule has 3 rings (SSSR count). The number of carbonyl (C=O) groups excluding carboxylic acids is 4. The molecule has 618 valence electrons. The highest BCUT2D eigenvalue weighted by atomic mass is 32.5. The number of amides is 3. The van der Waals surface area contributed by atoms with Gasteiger partial charge in [0.05, 0.1) is 184 Å². The maximum absolute atomic E-state index is 12.1. The fraction of sp³-hybridized carbons (Fsp3) is 0.930. The van der Waals surface area contributed by atoms with Crippen molar-refractivity contribution >= 4 is 91.2 Å². The van der Waals surface area contributed by atoms with E-state index in [2.05, 4.69) is 28.6 Å². The zero-order chi connectivity index (χ0) is 77.7. The van der Waals surface area contributed by atoms with Crippen LogP contribution in [-0.2, 0) is 153 Å². The fourth-order valence-corrected chi connectivity index (χ4v) is 13.2. The quantitative estimate of drug-likeness (QED) is 0.0117. The molecule has 41 nitrogen and oxygen atoms in total. The largest absolute Gasteiger partial charge is 0.457 e. The maximum Gasteiger partial charge on any atom is 0.364 e. The smallest absolute Gasteiger partial charge is 0.364 e. The Morgan fingerprint density at radius 2 is 0.600 bits per heavy atom. The van der Waals surface area contributed by atoms with Crippen molar-refractivity contribution in [3.63, 3.8) is 0 Å².